The summed E-state index contributed by atoms with van der Waals surface area (Å²) >= 11 is 0. The predicted molar refractivity (Wildman–Crippen MR) is 114 cm³/mol. The molecule has 0 saturated carbocycles. The summed E-state index contributed by atoms with van der Waals surface area (Å²) in [5.74, 6) is -0.718. The van der Waals surface area contributed by atoms with Gasteiger partial charge in [0, 0.05) is 12.6 Å². The molecule has 1 unspecified atom stereocenters. The summed E-state index contributed by atoms with van der Waals surface area (Å²) in [5, 5.41) is 2.70. The molecule has 1 N–H and O–H groups in total. The fraction of sp³-hybridized carbons (Fsp3) is 0.682. The highest BCUT2D eigenvalue weighted by Gasteiger charge is 2.37. The van der Waals surface area contributed by atoms with Crippen molar-refractivity contribution >= 4 is 18.0 Å². The van der Waals surface area contributed by atoms with Gasteiger partial charge in [-0.2, -0.15) is 0 Å². The van der Waals surface area contributed by atoms with Crippen molar-refractivity contribution in [2.24, 2.45) is 5.41 Å². The molecule has 7 nitrogen and oxygen atoms in total. The Bertz CT molecular complexity index is 626. The van der Waals surface area contributed by atoms with Gasteiger partial charge in [0.05, 0.1) is 12.6 Å². The number of likely N-dealkylation sites (N-methyl/N-ethyl adjacent to an activating group) is 1. The lowest BCUT2D eigenvalue weighted by Crippen LogP contribution is -2.56. The number of alkyl carbamates (subject to hydrolysis) is 1. The second-order valence-electron chi connectivity index (χ2n) is 9.06. The number of nitrogens with one attached hydrogen (secondary N) is 1. The van der Waals surface area contributed by atoms with E-state index in [0.717, 1.165) is 0 Å². The van der Waals surface area contributed by atoms with Crippen LogP contribution in [-0.2, 0) is 19.1 Å². The van der Waals surface area contributed by atoms with Crippen LogP contribution in [0.1, 0.15) is 61.8 Å². The molecule has 0 spiro atoms. The van der Waals surface area contributed by atoms with Crippen LogP contribution < -0.4 is 5.32 Å². The molecule has 0 heterocycles. The lowest BCUT2D eigenvalue weighted by atomic mass is 9.85. The van der Waals surface area contributed by atoms with Gasteiger partial charge in [0.2, 0.25) is 5.91 Å². The first kappa shape index (κ1) is 26.7. The SMILES string of the molecule is C=CCC(C=C(C)C(=O)OCC)N(C)C(=O)[C@@H](NC(=O)OC(C)(C)C)C(C)(C)C. The van der Waals surface area contributed by atoms with Crippen LogP contribution in [0.15, 0.2) is 24.3 Å². The molecule has 0 radical (unpaired) electrons. The maximum atomic E-state index is 13.3. The maximum Gasteiger partial charge on any atom is 0.408 e. The second kappa shape index (κ2) is 11.0. The Hall–Kier alpha value is -2.31. The maximum absolute atomic E-state index is 13.3. The molecule has 2 amide bonds. The molecule has 0 rings (SSSR count). The van der Waals surface area contributed by atoms with E-state index in [4.69, 9.17) is 9.47 Å². The molecule has 0 fully saturated rings. The van der Waals surface area contributed by atoms with Gasteiger partial charge in [0.25, 0.3) is 0 Å². The van der Waals surface area contributed by atoms with Crippen LogP contribution >= 0.6 is 0 Å². The van der Waals surface area contributed by atoms with Gasteiger partial charge >= 0.3 is 12.1 Å². The Morgan fingerprint density at radius 3 is 2.10 bits per heavy atom. The molecule has 29 heavy (non-hydrogen) atoms. The van der Waals surface area contributed by atoms with E-state index in [2.05, 4.69) is 11.9 Å². The molecule has 7 heteroatoms. The molecule has 0 bridgehead atoms. The second-order valence-corrected chi connectivity index (χ2v) is 9.06. The van der Waals surface area contributed by atoms with Crippen molar-refractivity contribution in [3.8, 4) is 0 Å². The first-order valence-corrected chi connectivity index (χ1v) is 9.86. The molecule has 166 valence electrons. The molecular weight excluding hydrogens is 372 g/mol. The third kappa shape index (κ3) is 9.63. The van der Waals surface area contributed by atoms with Crippen LogP contribution in [0.2, 0.25) is 0 Å². The van der Waals surface area contributed by atoms with Crippen molar-refractivity contribution in [2.75, 3.05) is 13.7 Å². The number of hydrogen-bond acceptors (Lipinski definition) is 5. The van der Waals surface area contributed by atoms with Gasteiger partial charge in [-0.05, 0) is 46.5 Å². The summed E-state index contributed by atoms with van der Waals surface area (Å²) < 4.78 is 10.3. The summed E-state index contributed by atoms with van der Waals surface area (Å²) in [6, 6.07) is -1.22. The van der Waals surface area contributed by atoms with Crippen molar-refractivity contribution in [3.63, 3.8) is 0 Å². The van der Waals surface area contributed by atoms with Crippen molar-refractivity contribution in [1.82, 2.24) is 10.2 Å². The van der Waals surface area contributed by atoms with Crippen molar-refractivity contribution in [2.45, 2.75) is 79.5 Å². The van der Waals surface area contributed by atoms with E-state index in [1.165, 1.54) is 4.90 Å². The van der Waals surface area contributed by atoms with Crippen LogP contribution in [-0.4, -0.2) is 54.2 Å². The first-order chi connectivity index (χ1) is 13.1. The van der Waals surface area contributed by atoms with Crippen LogP contribution in [0.4, 0.5) is 4.79 Å². The molecule has 0 aliphatic heterocycles. The van der Waals surface area contributed by atoms with Gasteiger partial charge in [-0.3, -0.25) is 4.79 Å². The number of amides is 2. The standard InChI is InChI=1S/C22H38N2O5/c1-11-13-16(14-15(3)19(26)28-12-2)24(10)18(25)17(21(4,5)6)23-20(27)29-22(7,8)9/h11,14,16-17H,1,12-13H2,2-10H3,(H,23,27)/t16?,17-/m1/s1. The van der Waals surface area contributed by atoms with E-state index < -0.39 is 35.2 Å². The number of ether oxygens (including phenoxy) is 2. The highest BCUT2D eigenvalue weighted by molar-refractivity contribution is 5.89. The van der Waals surface area contributed by atoms with Crippen LogP contribution in [0.5, 0.6) is 0 Å². The topological polar surface area (TPSA) is 84.9 Å². The smallest absolute Gasteiger partial charge is 0.408 e. The third-order valence-electron chi connectivity index (χ3n) is 4.07. The summed E-state index contributed by atoms with van der Waals surface area (Å²) in [5.41, 5.74) is -0.821. The van der Waals surface area contributed by atoms with E-state index in [1.807, 2.05) is 20.8 Å². The Morgan fingerprint density at radius 2 is 1.69 bits per heavy atom. The highest BCUT2D eigenvalue weighted by Crippen LogP contribution is 2.23. The number of hydrogen-bond donors (Lipinski definition) is 1. The molecule has 0 saturated heterocycles. The number of rotatable bonds is 8. The Labute approximate surface area is 175 Å². The van der Waals surface area contributed by atoms with E-state index in [-0.39, 0.29) is 12.5 Å². The lowest BCUT2D eigenvalue weighted by molar-refractivity contribution is -0.139. The van der Waals surface area contributed by atoms with Crippen LogP contribution in [0.25, 0.3) is 0 Å². The van der Waals surface area contributed by atoms with Crippen molar-refractivity contribution < 1.29 is 23.9 Å². The average molecular weight is 411 g/mol. The monoisotopic (exact) mass is 410 g/mol. The van der Waals surface area contributed by atoms with Gasteiger partial charge in [0.1, 0.15) is 11.6 Å². The lowest BCUT2D eigenvalue weighted by Gasteiger charge is -2.36. The number of carbonyl (C=O) groups excluding carboxylic acids is 3. The quantitative estimate of drug-likeness (QED) is 0.373. The molecule has 0 aliphatic rings. The van der Waals surface area contributed by atoms with Gasteiger partial charge in [-0.1, -0.05) is 32.9 Å². The number of carbonyl (C=O) groups is 3. The summed E-state index contributed by atoms with van der Waals surface area (Å²) in [6.45, 7) is 18.3. The van der Waals surface area contributed by atoms with E-state index in [1.54, 1.807) is 53.8 Å². The molecular formula is C22H38N2O5. The first-order valence-electron chi connectivity index (χ1n) is 9.86. The summed E-state index contributed by atoms with van der Waals surface area (Å²) in [4.78, 5) is 39.0. The zero-order valence-electron chi connectivity index (χ0n) is 19.4. The van der Waals surface area contributed by atoms with Crippen molar-refractivity contribution in [1.29, 1.82) is 0 Å². The molecule has 0 aromatic rings. The molecule has 0 aromatic carbocycles. The van der Waals surface area contributed by atoms with Gasteiger partial charge in [0.15, 0.2) is 0 Å². The van der Waals surface area contributed by atoms with E-state index in [0.29, 0.717) is 12.0 Å². The summed E-state index contributed by atoms with van der Waals surface area (Å²) in [6.07, 6.45) is 3.15. The predicted octanol–water partition coefficient (Wildman–Crippen LogP) is 3.84. The third-order valence-corrected chi connectivity index (χ3v) is 4.07. The van der Waals surface area contributed by atoms with E-state index in [9.17, 15) is 14.4 Å². The summed E-state index contributed by atoms with van der Waals surface area (Å²) in [7, 11) is 1.64. The van der Waals surface area contributed by atoms with Gasteiger partial charge in [-0.25, -0.2) is 9.59 Å². The van der Waals surface area contributed by atoms with E-state index >= 15 is 0 Å². The minimum Gasteiger partial charge on any atom is -0.463 e. The normalized spacial score (nSPS) is 14.4. The zero-order chi connectivity index (χ0) is 23.0. The zero-order valence-corrected chi connectivity index (χ0v) is 19.4. The number of esters is 1. The Kier molecular flexibility index (Phi) is 10.1. The minimum absolute atomic E-state index is 0.275. The average Bonchev–Trinajstić information content (AvgIpc) is 2.55. The fourth-order valence-electron chi connectivity index (χ4n) is 2.55. The van der Waals surface area contributed by atoms with Crippen LogP contribution in [0, 0.1) is 5.41 Å². The minimum atomic E-state index is -0.814. The molecule has 0 aliphatic carbocycles. The number of nitrogens with zero attached hydrogens (tertiary/aromatic N) is 1. The highest BCUT2D eigenvalue weighted by atomic mass is 16.6. The van der Waals surface area contributed by atoms with Gasteiger partial charge < -0.3 is 19.7 Å². The molecule has 2 atom stereocenters. The van der Waals surface area contributed by atoms with Crippen LogP contribution in [0.3, 0.4) is 0 Å². The molecule has 0 aromatic heterocycles. The Balaban J connectivity index is 5.67. The Morgan fingerprint density at radius 1 is 1.14 bits per heavy atom. The fourth-order valence-corrected chi connectivity index (χ4v) is 2.55. The van der Waals surface area contributed by atoms with Gasteiger partial charge in [-0.15, -0.1) is 6.58 Å². The largest absolute Gasteiger partial charge is 0.463 e. The van der Waals surface area contributed by atoms with Crippen molar-refractivity contribution in [3.05, 3.63) is 24.3 Å².